The first-order valence-electron chi connectivity index (χ1n) is 5.56. The number of aromatic nitrogens is 1. The average molecular weight is 238 g/mol. The summed E-state index contributed by atoms with van der Waals surface area (Å²) in [4.78, 5) is 15.5. The van der Waals surface area contributed by atoms with Gasteiger partial charge < -0.3 is 14.8 Å². The Labute approximate surface area is 101 Å². The third kappa shape index (κ3) is 6.65. The van der Waals surface area contributed by atoms with E-state index in [-0.39, 0.29) is 12.5 Å². The quantitative estimate of drug-likeness (QED) is 0.666. The van der Waals surface area contributed by atoms with Crippen LogP contribution < -0.4 is 5.32 Å². The van der Waals surface area contributed by atoms with Gasteiger partial charge in [-0.05, 0) is 12.1 Å². The highest BCUT2D eigenvalue weighted by Gasteiger charge is 2.00. The van der Waals surface area contributed by atoms with Gasteiger partial charge in [0.05, 0.1) is 13.2 Å². The van der Waals surface area contributed by atoms with Gasteiger partial charge in [-0.15, -0.1) is 0 Å². The molecule has 1 heterocycles. The number of ether oxygens (including phenoxy) is 2. The van der Waals surface area contributed by atoms with Gasteiger partial charge in [0, 0.05) is 32.0 Å². The van der Waals surface area contributed by atoms with E-state index in [0.29, 0.717) is 19.8 Å². The van der Waals surface area contributed by atoms with E-state index in [0.717, 1.165) is 12.1 Å². The smallest absolute Gasteiger partial charge is 0.246 e. The molecule has 1 aromatic heterocycles. The summed E-state index contributed by atoms with van der Waals surface area (Å²) in [5.74, 6) is -0.114. The second-order valence-electron chi connectivity index (χ2n) is 3.47. The Hall–Kier alpha value is -1.46. The molecule has 0 radical (unpaired) electrons. The SMILES string of the molecule is COCCOCC(=O)NCCc1ccccn1. The maximum absolute atomic E-state index is 11.3. The van der Waals surface area contributed by atoms with Crippen LogP contribution in [0.2, 0.25) is 0 Å². The van der Waals surface area contributed by atoms with Crippen molar-refractivity contribution >= 4 is 5.91 Å². The van der Waals surface area contributed by atoms with E-state index < -0.39 is 0 Å². The van der Waals surface area contributed by atoms with E-state index in [1.54, 1.807) is 13.3 Å². The van der Waals surface area contributed by atoms with Crippen molar-refractivity contribution in [2.75, 3.05) is 33.5 Å². The molecule has 1 N–H and O–H groups in total. The highest BCUT2D eigenvalue weighted by Crippen LogP contribution is 1.92. The number of carbonyl (C=O) groups excluding carboxylic acids is 1. The standard InChI is InChI=1S/C12H18N2O3/c1-16-8-9-17-10-12(15)14-7-5-11-4-2-3-6-13-11/h2-4,6H,5,7-10H2,1H3,(H,14,15). The summed E-state index contributed by atoms with van der Waals surface area (Å²) in [7, 11) is 1.59. The molecule has 0 fully saturated rings. The fourth-order valence-electron chi connectivity index (χ4n) is 1.23. The van der Waals surface area contributed by atoms with Crippen LogP contribution in [-0.4, -0.2) is 44.4 Å². The molecule has 0 aromatic carbocycles. The Morgan fingerprint density at radius 1 is 1.41 bits per heavy atom. The molecule has 0 saturated heterocycles. The molecular weight excluding hydrogens is 220 g/mol. The molecule has 0 aliphatic heterocycles. The van der Waals surface area contributed by atoms with Crippen molar-refractivity contribution in [3.05, 3.63) is 30.1 Å². The van der Waals surface area contributed by atoms with Crippen molar-refractivity contribution in [3.8, 4) is 0 Å². The second kappa shape index (κ2) is 8.66. The number of hydrogen-bond donors (Lipinski definition) is 1. The van der Waals surface area contributed by atoms with Gasteiger partial charge in [-0.3, -0.25) is 9.78 Å². The van der Waals surface area contributed by atoms with Crippen LogP contribution in [0, 0.1) is 0 Å². The Morgan fingerprint density at radius 3 is 3.00 bits per heavy atom. The van der Waals surface area contributed by atoms with Gasteiger partial charge in [-0.25, -0.2) is 0 Å². The molecule has 0 unspecified atom stereocenters. The number of carbonyl (C=O) groups is 1. The van der Waals surface area contributed by atoms with Crippen molar-refractivity contribution in [3.63, 3.8) is 0 Å². The van der Waals surface area contributed by atoms with Crippen LogP contribution in [0.15, 0.2) is 24.4 Å². The topological polar surface area (TPSA) is 60.5 Å². The molecule has 94 valence electrons. The normalized spacial score (nSPS) is 10.2. The zero-order valence-electron chi connectivity index (χ0n) is 10.0. The third-order valence-electron chi connectivity index (χ3n) is 2.09. The number of nitrogens with zero attached hydrogens (tertiary/aromatic N) is 1. The number of amides is 1. The minimum atomic E-state index is -0.114. The Bertz CT molecular complexity index is 317. The van der Waals surface area contributed by atoms with Gasteiger partial charge in [-0.1, -0.05) is 6.07 Å². The van der Waals surface area contributed by atoms with Crippen LogP contribution in [0.3, 0.4) is 0 Å². The molecule has 0 aliphatic carbocycles. The summed E-state index contributed by atoms with van der Waals surface area (Å²) < 4.78 is 9.88. The summed E-state index contributed by atoms with van der Waals surface area (Å²) in [5, 5.41) is 2.76. The van der Waals surface area contributed by atoms with E-state index in [1.165, 1.54) is 0 Å². The van der Waals surface area contributed by atoms with Crippen molar-refractivity contribution in [2.24, 2.45) is 0 Å². The van der Waals surface area contributed by atoms with Gasteiger partial charge in [-0.2, -0.15) is 0 Å². The minimum Gasteiger partial charge on any atom is -0.382 e. The second-order valence-corrected chi connectivity index (χ2v) is 3.47. The number of nitrogens with one attached hydrogen (secondary N) is 1. The zero-order valence-corrected chi connectivity index (χ0v) is 10.0. The third-order valence-corrected chi connectivity index (χ3v) is 2.09. The highest BCUT2D eigenvalue weighted by molar-refractivity contribution is 5.77. The maximum atomic E-state index is 11.3. The van der Waals surface area contributed by atoms with Crippen molar-refractivity contribution in [1.29, 1.82) is 0 Å². The first-order chi connectivity index (χ1) is 8.33. The van der Waals surface area contributed by atoms with Crippen LogP contribution in [0.25, 0.3) is 0 Å². The number of pyridine rings is 1. The van der Waals surface area contributed by atoms with Crippen LogP contribution in [0.4, 0.5) is 0 Å². The van der Waals surface area contributed by atoms with Gasteiger partial charge in [0.15, 0.2) is 0 Å². The minimum absolute atomic E-state index is 0.0750. The lowest BCUT2D eigenvalue weighted by Crippen LogP contribution is -2.30. The molecule has 0 saturated carbocycles. The molecule has 1 aromatic rings. The first-order valence-corrected chi connectivity index (χ1v) is 5.56. The molecule has 0 spiro atoms. The summed E-state index contributed by atoms with van der Waals surface area (Å²) in [6.45, 7) is 1.58. The molecule has 1 amide bonds. The zero-order chi connectivity index (χ0) is 12.3. The van der Waals surface area contributed by atoms with Gasteiger partial charge in [0.1, 0.15) is 6.61 Å². The van der Waals surface area contributed by atoms with Crippen molar-refractivity contribution < 1.29 is 14.3 Å². The lowest BCUT2D eigenvalue weighted by Gasteiger charge is -2.05. The van der Waals surface area contributed by atoms with Crippen LogP contribution in [0.5, 0.6) is 0 Å². The average Bonchev–Trinajstić information content (AvgIpc) is 2.36. The Morgan fingerprint density at radius 2 is 2.29 bits per heavy atom. The van der Waals surface area contributed by atoms with Gasteiger partial charge in [0.2, 0.25) is 5.91 Å². The van der Waals surface area contributed by atoms with E-state index in [2.05, 4.69) is 10.3 Å². The van der Waals surface area contributed by atoms with Gasteiger partial charge >= 0.3 is 0 Å². The summed E-state index contributed by atoms with van der Waals surface area (Å²) >= 11 is 0. The monoisotopic (exact) mass is 238 g/mol. The van der Waals surface area contributed by atoms with Crippen molar-refractivity contribution in [2.45, 2.75) is 6.42 Å². The van der Waals surface area contributed by atoms with Crippen LogP contribution in [-0.2, 0) is 20.7 Å². The fourth-order valence-corrected chi connectivity index (χ4v) is 1.23. The lowest BCUT2D eigenvalue weighted by atomic mass is 10.3. The molecule has 5 heteroatoms. The van der Waals surface area contributed by atoms with Crippen LogP contribution in [0.1, 0.15) is 5.69 Å². The van der Waals surface area contributed by atoms with E-state index in [1.807, 2.05) is 18.2 Å². The summed E-state index contributed by atoms with van der Waals surface area (Å²) in [5.41, 5.74) is 0.966. The molecule has 0 atom stereocenters. The maximum Gasteiger partial charge on any atom is 0.246 e. The Kier molecular flexibility index (Phi) is 6.93. The predicted molar refractivity (Wildman–Crippen MR) is 63.6 cm³/mol. The van der Waals surface area contributed by atoms with E-state index in [9.17, 15) is 4.79 Å². The van der Waals surface area contributed by atoms with Gasteiger partial charge in [0.25, 0.3) is 0 Å². The van der Waals surface area contributed by atoms with Crippen LogP contribution >= 0.6 is 0 Å². The number of rotatable bonds is 8. The number of hydrogen-bond acceptors (Lipinski definition) is 4. The van der Waals surface area contributed by atoms with Crippen molar-refractivity contribution in [1.82, 2.24) is 10.3 Å². The van der Waals surface area contributed by atoms with E-state index in [4.69, 9.17) is 9.47 Å². The molecule has 1 rings (SSSR count). The molecule has 17 heavy (non-hydrogen) atoms. The molecule has 0 aliphatic rings. The Balaban J connectivity index is 2.04. The fraction of sp³-hybridized carbons (Fsp3) is 0.500. The first kappa shape index (κ1) is 13.6. The summed E-state index contributed by atoms with van der Waals surface area (Å²) in [6.07, 6.45) is 2.47. The highest BCUT2D eigenvalue weighted by atomic mass is 16.5. The molecular formula is C12H18N2O3. The molecule has 5 nitrogen and oxygen atoms in total. The number of methoxy groups -OCH3 is 1. The molecule has 0 bridgehead atoms. The summed E-state index contributed by atoms with van der Waals surface area (Å²) in [6, 6.07) is 5.73. The largest absolute Gasteiger partial charge is 0.382 e. The lowest BCUT2D eigenvalue weighted by molar-refractivity contribution is -0.126. The predicted octanol–water partition coefficient (Wildman–Crippen LogP) is 0.403. The van der Waals surface area contributed by atoms with E-state index >= 15 is 0 Å².